The highest BCUT2D eigenvalue weighted by Crippen LogP contribution is 2.33. The van der Waals surface area contributed by atoms with Crippen LogP contribution >= 0.6 is 0 Å². The molecule has 0 aliphatic carbocycles. The predicted molar refractivity (Wildman–Crippen MR) is 151 cm³/mol. The lowest BCUT2D eigenvalue weighted by atomic mass is 9.98. The number of benzene rings is 2. The Hall–Kier alpha value is -4.65. The molecule has 0 bridgehead atoms. The minimum Gasteiger partial charge on any atom is -0.507 e. The highest BCUT2D eigenvalue weighted by atomic mass is 16.7. The number of aromatic hydroxyl groups is 1. The second-order valence-electron chi connectivity index (χ2n) is 10.3. The van der Waals surface area contributed by atoms with E-state index in [-0.39, 0.29) is 29.6 Å². The van der Waals surface area contributed by atoms with Crippen LogP contribution in [0.2, 0.25) is 0 Å². The van der Waals surface area contributed by atoms with Gasteiger partial charge in [0.05, 0.1) is 11.7 Å². The zero-order chi connectivity index (χ0) is 32.6. The number of ether oxygens (including phenoxy) is 7. The minimum absolute atomic E-state index is 0.00450. The first-order valence-electron chi connectivity index (χ1n) is 13.8. The largest absolute Gasteiger partial charge is 0.507 e. The van der Waals surface area contributed by atoms with Gasteiger partial charge in [-0.25, -0.2) is 0 Å². The number of rotatable bonds is 12. The molecule has 1 saturated heterocycles. The Morgan fingerprint density at radius 1 is 0.773 bits per heavy atom. The molecule has 0 unspecified atom stereocenters. The van der Waals surface area contributed by atoms with Gasteiger partial charge in [0.25, 0.3) is 0 Å². The van der Waals surface area contributed by atoms with Crippen molar-refractivity contribution < 1.29 is 62.2 Å². The van der Waals surface area contributed by atoms with Gasteiger partial charge in [-0.15, -0.1) is 0 Å². The zero-order valence-electron chi connectivity index (χ0n) is 25.3. The Morgan fingerprint density at radius 3 is 1.89 bits per heavy atom. The Kier molecular flexibility index (Phi) is 11.7. The first kappa shape index (κ1) is 33.8. The van der Waals surface area contributed by atoms with Crippen LogP contribution in [0.5, 0.6) is 17.2 Å². The molecule has 0 spiro atoms. The molecule has 2 aromatic rings. The number of phenols is 1. The molecular weight excluding hydrogens is 580 g/mol. The van der Waals surface area contributed by atoms with Gasteiger partial charge in [-0.1, -0.05) is 12.1 Å². The molecule has 13 heteroatoms. The highest BCUT2D eigenvalue weighted by molar-refractivity contribution is 6.00. The third kappa shape index (κ3) is 9.69. The van der Waals surface area contributed by atoms with Crippen LogP contribution in [0.3, 0.4) is 0 Å². The van der Waals surface area contributed by atoms with Crippen molar-refractivity contribution in [3.05, 3.63) is 53.6 Å². The van der Waals surface area contributed by atoms with Crippen molar-refractivity contribution in [1.82, 2.24) is 0 Å². The summed E-state index contributed by atoms with van der Waals surface area (Å²) in [7, 11) is 0. The summed E-state index contributed by atoms with van der Waals surface area (Å²) in [5, 5.41) is 10.7. The summed E-state index contributed by atoms with van der Waals surface area (Å²) < 4.78 is 38.6. The summed E-state index contributed by atoms with van der Waals surface area (Å²) in [6.45, 7) is 7.85. The van der Waals surface area contributed by atoms with E-state index in [4.69, 9.17) is 33.2 Å². The van der Waals surface area contributed by atoms with Gasteiger partial charge in [-0.3, -0.25) is 24.0 Å². The molecule has 1 aliphatic heterocycles. The van der Waals surface area contributed by atoms with E-state index in [0.29, 0.717) is 11.3 Å². The van der Waals surface area contributed by atoms with Gasteiger partial charge in [0.1, 0.15) is 30.0 Å². The maximum Gasteiger partial charge on any atom is 0.303 e. The molecular formula is C31H36O13. The summed E-state index contributed by atoms with van der Waals surface area (Å²) in [5.41, 5.74) is 0.740. The maximum absolute atomic E-state index is 13.0. The molecule has 238 valence electrons. The van der Waals surface area contributed by atoms with E-state index in [1.54, 1.807) is 24.3 Å². The second kappa shape index (κ2) is 15.2. The van der Waals surface area contributed by atoms with E-state index in [1.165, 1.54) is 18.2 Å². The average molecular weight is 617 g/mol. The first-order valence-corrected chi connectivity index (χ1v) is 13.8. The number of hydrogen-bond acceptors (Lipinski definition) is 13. The fourth-order valence-electron chi connectivity index (χ4n) is 4.48. The van der Waals surface area contributed by atoms with Crippen LogP contribution in [0.15, 0.2) is 42.5 Å². The maximum atomic E-state index is 13.0. The van der Waals surface area contributed by atoms with Crippen molar-refractivity contribution in [2.45, 2.75) is 84.8 Å². The van der Waals surface area contributed by atoms with E-state index in [9.17, 15) is 29.1 Å². The molecule has 1 heterocycles. The lowest BCUT2D eigenvalue weighted by Gasteiger charge is -2.43. The summed E-state index contributed by atoms with van der Waals surface area (Å²) in [6, 6.07) is 10.9. The Labute approximate surface area is 254 Å². The van der Waals surface area contributed by atoms with Crippen LogP contribution in [-0.2, 0) is 49.3 Å². The molecule has 1 N–H and O–H groups in total. The topological polar surface area (TPSA) is 170 Å². The Bertz CT molecular complexity index is 1350. The van der Waals surface area contributed by atoms with Crippen LogP contribution in [0.25, 0.3) is 0 Å². The number of Topliss-reactive ketones (excluding diaryl/α,β-unsaturated/α-hetero) is 1. The zero-order valence-corrected chi connectivity index (χ0v) is 25.3. The van der Waals surface area contributed by atoms with Gasteiger partial charge < -0.3 is 38.3 Å². The Balaban J connectivity index is 1.86. The van der Waals surface area contributed by atoms with E-state index in [2.05, 4.69) is 0 Å². The van der Waals surface area contributed by atoms with Gasteiger partial charge in [0, 0.05) is 40.2 Å². The van der Waals surface area contributed by atoms with E-state index in [0.717, 1.165) is 27.7 Å². The molecule has 1 aliphatic rings. The standard InChI is InChI=1S/C31H36O13/c1-16(2)39-22-9-7-21(8-10-22)13-25(36)24-12-11-23(14-26(24)37)43-31-30(42-20(6)35)29(41-19(5)34)28(40-18(4)33)27(44-31)15-38-17(3)32/h7-12,14,16,27-31,37H,13,15H2,1-6H3/t27-,28-,29+,30+,31-/m0/s1. The number of hydrogen-bond donors (Lipinski definition) is 1. The summed E-state index contributed by atoms with van der Waals surface area (Å²) in [6.07, 6.45) is -6.92. The summed E-state index contributed by atoms with van der Waals surface area (Å²) in [5.74, 6) is -3.11. The molecule has 1 fully saturated rings. The van der Waals surface area contributed by atoms with Crippen LogP contribution in [0.1, 0.15) is 57.5 Å². The van der Waals surface area contributed by atoms with Crippen LogP contribution < -0.4 is 9.47 Å². The monoisotopic (exact) mass is 616 g/mol. The van der Waals surface area contributed by atoms with E-state index < -0.39 is 66.9 Å². The molecule has 44 heavy (non-hydrogen) atoms. The molecule has 13 nitrogen and oxygen atoms in total. The van der Waals surface area contributed by atoms with Crippen molar-refractivity contribution in [2.24, 2.45) is 0 Å². The fraction of sp³-hybridized carbons (Fsp3) is 0.452. The van der Waals surface area contributed by atoms with Gasteiger partial charge in [0.15, 0.2) is 18.0 Å². The molecule has 3 rings (SSSR count). The lowest BCUT2D eigenvalue weighted by molar-refractivity contribution is -0.288. The molecule has 0 saturated carbocycles. The van der Waals surface area contributed by atoms with Gasteiger partial charge in [0.2, 0.25) is 12.4 Å². The van der Waals surface area contributed by atoms with Crippen LogP contribution in [0, 0.1) is 0 Å². The quantitative estimate of drug-likeness (QED) is 0.210. The number of ketones is 1. The lowest BCUT2D eigenvalue weighted by Crippen LogP contribution is -2.63. The second-order valence-corrected chi connectivity index (χ2v) is 10.3. The molecule has 5 atom stereocenters. The van der Waals surface area contributed by atoms with Crippen LogP contribution in [-0.4, -0.2) is 78.2 Å². The molecule has 2 aromatic carbocycles. The highest BCUT2D eigenvalue weighted by Gasteiger charge is 2.53. The third-order valence-corrected chi connectivity index (χ3v) is 6.13. The smallest absolute Gasteiger partial charge is 0.303 e. The van der Waals surface area contributed by atoms with E-state index in [1.807, 2.05) is 13.8 Å². The van der Waals surface area contributed by atoms with Crippen molar-refractivity contribution in [1.29, 1.82) is 0 Å². The molecule has 0 amide bonds. The van der Waals surface area contributed by atoms with Gasteiger partial charge >= 0.3 is 23.9 Å². The number of carbonyl (C=O) groups is 5. The average Bonchev–Trinajstić information content (AvgIpc) is 2.91. The third-order valence-electron chi connectivity index (χ3n) is 6.13. The SMILES string of the molecule is CC(=O)OC[C@@H]1O[C@H](Oc2ccc(C(=O)Cc3ccc(OC(C)C)cc3)c(O)c2)[C@H](OC(C)=O)[C@H](OC(C)=O)[C@H]1OC(C)=O. The molecule has 0 radical (unpaired) electrons. The van der Waals surface area contributed by atoms with Crippen molar-refractivity contribution >= 4 is 29.7 Å². The van der Waals surface area contributed by atoms with Gasteiger partial charge in [-0.2, -0.15) is 0 Å². The predicted octanol–water partition coefficient (Wildman–Crippen LogP) is 3.07. The van der Waals surface area contributed by atoms with Crippen molar-refractivity contribution in [2.75, 3.05) is 6.61 Å². The summed E-state index contributed by atoms with van der Waals surface area (Å²) in [4.78, 5) is 60.4. The number of carbonyl (C=O) groups excluding carboxylic acids is 5. The van der Waals surface area contributed by atoms with Gasteiger partial charge in [-0.05, 0) is 43.7 Å². The normalized spacial score (nSPS) is 21.1. The first-order chi connectivity index (χ1) is 20.7. The summed E-state index contributed by atoms with van der Waals surface area (Å²) >= 11 is 0. The number of phenolic OH excluding ortho intramolecular Hbond substituents is 1. The Morgan fingerprint density at radius 2 is 1.34 bits per heavy atom. The van der Waals surface area contributed by atoms with Crippen molar-refractivity contribution in [3.8, 4) is 17.2 Å². The minimum atomic E-state index is -1.50. The number of esters is 4. The fourth-order valence-corrected chi connectivity index (χ4v) is 4.48. The van der Waals surface area contributed by atoms with Crippen molar-refractivity contribution in [3.63, 3.8) is 0 Å². The molecule has 0 aromatic heterocycles. The van der Waals surface area contributed by atoms with E-state index >= 15 is 0 Å². The van der Waals surface area contributed by atoms with Crippen LogP contribution in [0.4, 0.5) is 0 Å².